The fraction of sp³-hybridized carbons (Fsp3) is 0.250. The first-order chi connectivity index (χ1) is 5.95. The van der Waals surface area contributed by atoms with Gasteiger partial charge < -0.3 is 4.74 Å². The Bertz CT molecular complexity index is 309. The van der Waals surface area contributed by atoms with Gasteiger partial charge in [-0.05, 0) is 12.1 Å². The van der Waals surface area contributed by atoms with Crippen molar-refractivity contribution >= 4 is 13.3 Å². The summed E-state index contributed by atoms with van der Waals surface area (Å²) in [5, 5.41) is 0. The van der Waals surface area contributed by atoms with Crippen LogP contribution in [0.3, 0.4) is 0 Å². The second kappa shape index (κ2) is 3.32. The molecule has 0 atom stereocenters. The molecule has 0 spiro atoms. The van der Waals surface area contributed by atoms with E-state index in [-0.39, 0.29) is 11.2 Å². The van der Waals surface area contributed by atoms with Gasteiger partial charge in [-0.25, -0.2) is 0 Å². The number of hydrogen-bond acceptors (Lipinski definition) is 1. The number of alkyl halides is 3. The fourth-order valence-corrected chi connectivity index (χ4v) is 1.03. The first-order valence-corrected chi connectivity index (χ1v) is 3.67. The number of halogens is 3. The van der Waals surface area contributed by atoms with Crippen LogP contribution >= 0.6 is 0 Å². The highest BCUT2D eigenvalue weighted by atomic mass is 19.4. The first kappa shape index (κ1) is 9.96. The summed E-state index contributed by atoms with van der Waals surface area (Å²) in [6, 6.07) is 3.89. The van der Waals surface area contributed by atoms with Gasteiger partial charge in [-0.15, -0.1) is 0 Å². The predicted octanol–water partition coefficient (Wildman–Crippen LogP) is 0.972. The van der Waals surface area contributed by atoms with E-state index >= 15 is 0 Å². The molecule has 0 bridgehead atoms. The fourth-order valence-electron chi connectivity index (χ4n) is 1.03. The molecule has 1 nitrogen and oxygen atoms in total. The summed E-state index contributed by atoms with van der Waals surface area (Å²) in [5.41, 5.74) is -0.444. The zero-order valence-corrected chi connectivity index (χ0v) is 7.27. The molecular weight excluding hydrogens is 180 g/mol. The van der Waals surface area contributed by atoms with Gasteiger partial charge in [-0.3, -0.25) is 0 Å². The van der Waals surface area contributed by atoms with Crippen molar-refractivity contribution < 1.29 is 17.9 Å². The number of ether oxygens (including phenoxy) is 1. The predicted molar refractivity (Wildman–Crippen MR) is 46.2 cm³/mol. The minimum atomic E-state index is -4.31. The highest BCUT2D eigenvalue weighted by Crippen LogP contribution is 2.29. The van der Waals surface area contributed by atoms with Crippen LogP contribution in [0.5, 0.6) is 5.75 Å². The lowest BCUT2D eigenvalue weighted by molar-refractivity contribution is -0.136. The molecule has 0 aliphatic rings. The maximum absolute atomic E-state index is 12.3. The van der Waals surface area contributed by atoms with Gasteiger partial charge in [-0.1, -0.05) is 11.5 Å². The molecule has 5 heteroatoms. The van der Waals surface area contributed by atoms with E-state index in [0.717, 1.165) is 6.07 Å². The van der Waals surface area contributed by atoms with E-state index in [9.17, 15) is 13.2 Å². The van der Waals surface area contributed by atoms with E-state index in [0.29, 0.717) is 0 Å². The van der Waals surface area contributed by atoms with Gasteiger partial charge in [0.15, 0.2) is 0 Å². The lowest BCUT2D eigenvalue weighted by Gasteiger charge is -2.11. The molecule has 1 aromatic carbocycles. The average Bonchev–Trinajstić information content (AvgIpc) is 2.03. The second-order valence-electron chi connectivity index (χ2n) is 2.68. The van der Waals surface area contributed by atoms with Crippen molar-refractivity contribution in [1.82, 2.24) is 0 Å². The van der Waals surface area contributed by atoms with Crippen LogP contribution in [-0.2, 0) is 6.18 Å². The summed E-state index contributed by atoms with van der Waals surface area (Å²) in [4.78, 5) is 0. The number of benzene rings is 1. The maximum atomic E-state index is 12.3. The smallest absolute Gasteiger partial charge is 0.416 e. The zero-order valence-electron chi connectivity index (χ0n) is 7.27. The molecule has 70 valence electrons. The molecule has 0 aromatic heterocycles. The average molecular weight is 188 g/mol. The summed E-state index contributed by atoms with van der Waals surface area (Å²) in [5.74, 6) is 0.220. The van der Waals surface area contributed by atoms with Gasteiger partial charge in [-0.2, -0.15) is 13.2 Å². The van der Waals surface area contributed by atoms with Gasteiger partial charge in [0.1, 0.15) is 13.6 Å². The van der Waals surface area contributed by atoms with Crippen LogP contribution in [-0.4, -0.2) is 15.0 Å². The van der Waals surface area contributed by atoms with Crippen molar-refractivity contribution in [2.75, 3.05) is 7.11 Å². The third kappa shape index (κ3) is 2.17. The Balaban J connectivity index is 3.19. The number of methoxy groups -OCH3 is 1. The number of hydrogen-bond donors (Lipinski definition) is 0. The molecule has 0 saturated heterocycles. The molecule has 0 heterocycles. The molecule has 13 heavy (non-hydrogen) atoms. The van der Waals surface area contributed by atoms with Crippen LogP contribution in [0.2, 0.25) is 0 Å². The minimum Gasteiger partial charge on any atom is -0.497 e. The molecule has 0 radical (unpaired) electrons. The van der Waals surface area contributed by atoms with Gasteiger partial charge in [0.25, 0.3) is 0 Å². The van der Waals surface area contributed by atoms with Gasteiger partial charge in [0, 0.05) is 0 Å². The normalized spacial score (nSPS) is 11.4. The van der Waals surface area contributed by atoms with Gasteiger partial charge in [0.05, 0.1) is 12.7 Å². The monoisotopic (exact) mass is 188 g/mol. The lowest BCUT2D eigenvalue weighted by Crippen LogP contribution is -2.19. The summed E-state index contributed by atoms with van der Waals surface area (Å²) in [6.07, 6.45) is -4.31. The Morgan fingerprint density at radius 2 is 1.92 bits per heavy atom. The summed E-state index contributed by atoms with van der Waals surface area (Å²) in [6.45, 7) is 0. The van der Waals surface area contributed by atoms with Gasteiger partial charge in [0.2, 0.25) is 0 Å². The van der Waals surface area contributed by atoms with E-state index < -0.39 is 11.7 Å². The van der Waals surface area contributed by atoms with Gasteiger partial charge >= 0.3 is 6.18 Å². The van der Waals surface area contributed by atoms with Crippen LogP contribution < -0.4 is 10.2 Å². The van der Waals surface area contributed by atoms with Crippen molar-refractivity contribution in [3.8, 4) is 5.75 Å². The minimum absolute atomic E-state index is 0.202. The molecule has 0 saturated carbocycles. The molecular formula is C8H8BF3O. The van der Waals surface area contributed by atoms with Crippen LogP contribution in [0, 0.1) is 0 Å². The van der Waals surface area contributed by atoms with Crippen molar-refractivity contribution in [3.05, 3.63) is 23.8 Å². The SMILES string of the molecule is Bc1ccc(OC)cc1C(F)(F)F. The maximum Gasteiger partial charge on any atom is 0.416 e. The molecule has 0 fully saturated rings. The Morgan fingerprint density at radius 3 is 2.38 bits per heavy atom. The third-order valence-electron chi connectivity index (χ3n) is 1.75. The standard InChI is InChI=1S/C8H8BF3O/c1-13-5-2-3-7(9)6(4-5)8(10,11)12/h2-4H,9H2,1H3. The quantitative estimate of drug-likeness (QED) is 0.596. The van der Waals surface area contributed by atoms with E-state index in [1.54, 1.807) is 0 Å². The third-order valence-corrected chi connectivity index (χ3v) is 1.75. The van der Waals surface area contributed by atoms with E-state index in [2.05, 4.69) is 0 Å². The van der Waals surface area contributed by atoms with Crippen LogP contribution in [0.1, 0.15) is 5.56 Å². The van der Waals surface area contributed by atoms with Crippen molar-refractivity contribution in [3.63, 3.8) is 0 Å². The molecule has 0 unspecified atom stereocenters. The summed E-state index contributed by atoms with van der Waals surface area (Å²) < 4.78 is 41.6. The molecule has 0 N–H and O–H groups in total. The Kier molecular flexibility index (Phi) is 2.54. The van der Waals surface area contributed by atoms with E-state index in [1.165, 1.54) is 27.1 Å². The molecule has 1 aromatic rings. The van der Waals surface area contributed by atoms with Crippen LogP contribution in [0.4, 0.5) is 13.2 Å². The Hall–Kier alpha value is -1.13. The second-order valence-corrected chi connectivity index (χ2v) is 2.68. The van der Waals surface area contributed by atoms with Crippen LogP contribution in [0.15, 0.2) is 18.2 Å². The molecule has 0 aliphatic carbocycles. The largest absolute Gasteiger partial charge is 0.497 e. The van der Waals surface area contributed by atoms with Crippen molar-refractivity contribution in [2.24, 2.45) is 0 Å². The highest BCUT2D eigenvalue weighted by molar-refractivity contribution is 6.33. The van der Waals surface area contributed by atoms with Crippen LogP contribution in [0.25, 0.3) is 0 Å². The number of rotatable bonds is 1. The zero-order chi connectivity index (χ0) is 10.1. The Labute approximate surface area is 74.9 Å². The van der Waals surface area contributed by atoms with Crippen molar-refractivity contribution in [1.29, 1.82) is 0 Å². The molecule has 1 rings (SSSR count). The molecule has 0 aliphatic heterocycles. The molecule has 0 amide bonds. The van der Waals surface area contributed by atoms with Crippen molar-refractivity contribution in [2.45, 2.75) is 6.18 Å². The lowest BCUT2D eigenvalue weighted by atomic mass is 9.90. The van der Waals surface area contributed by atoms with E-state index in [1.807, 2.05) is 0 Å². The summed E-state index contributed by atoms with van der Waals surface area (Å²) in [7, 11) is 2.76. The topological polar surface area (TPSA) is 9.23 Å². The van der Waals surface area contributed by atoms with E-state index in [4.69, 9.17) is 4.74 Å². The first-order valence-electron chi connectivity index (χ1n) is 3.67. The highest BCUT2D eigenvalue weighted by Gasteiger charge is 2.32. The summed E-state index contributed by atoms with van der Waals surface area (Å²) >= 11 is 0. The Morgan fingerprint density at radius 1 is 1.31 bits per heavy atom.